The van der Waals surface area contributed by atoms with Crippen molar-refractivity contribution in [2.24, 2.45) is 5.73 Å². The molecule has 1 unspecified atom stereocenters. The maximum absolute atomic E-state index is 9.78. The first-order valence-electron chi connectivity index (χ1n) is 4.52. The molecule has 0 radical (unpaired) electrons. The van der Waals surface area contributed by atoms with E-state index in [1.165, 1.54) is 5.56 Å². The van der Waals surface area contributed by atoms with Gasteiger partial charge < -0.3 is 10.8 Å². The lowest BCUT2D eigenvalue weighted by Crippen LogP contribution is -2.36. The summed E-state index contributed by atoms with van der Waals surface area (Å²) in [5.41, 5.74) is 7.04. The summed E-state index contributed by atoms with van der Waals surface area (Å²) in [5.74, 6) is 0. The monoisotopic (exact) mass is 179 g/mol. The summed E-state index contributed by atoms with van der Waals surface area (Å²) < 4.78 is 0. The van der Waals surface area contributed by atoms with Gasteiger partial charge in [-0.1, -0.05) is 24.3 Å². The molecular formula is C11H17NO. The van der Waals surface area contributed by atoms with Gasteiger partial charge in [-0.15, -0.1) is 0 Å². The SMILES string of the molecule is Cc1ccccc1CC(C)(O)CN. The summed E-state index contributed by atoms with van der Waals surface area (Å²) >= 11 is 0. The highest BCUT2D eigenvalue weighted by atomic mass is 16.3. The van der Waals surface area contributed by atoms with E-state index in [-0.39, 0.29) is 0 Å². The van der Waals surface area contributed by atoms with Gasteiger partial charge in [0.2, 0.25) is 0 Å². The first-order chi connectivity index (χ1) is 6.05. The first kappa shape index (κ1) is 10.2. The van der Waals surface area contributed by atoms with Crippen LogP contribution in [0.15, 0.2) is 24.3 Å². The third-order valence-electron chi connectivity index (χ3n) is 2.27. The first-order valence-corrected chi connectivity index (χ1v) is 4.52. The standard InChI is InChI=1S/C11H17NO/c1-9-5-3-4-6-10(9)7-11(2,13)8-12/h3-6,13H,7-8,12H2,1-2H3. The molecule has 0 fully saturated rings. The largest absolute Gasteiger partial charge is 0.389 e. The van der Waals surface area contributed by atoms with Crippen LogP contribution in [0, 0.1) is 6.92 Å². The van der Waals surface area contributed by atoms with Crippen molar-refractivity contribution in [2.75, 3.05) is 6.54 Å². The lowest BCUT2D eigenvalue weighted by molar-refractivity contribution is 0.0695. The Morgan fingerprint density at radius 3 is 2.54 bits per heavy atom. The molecule has 0 spiro atoms. The van der Waals surface area contributed by atoms with E-state index in [0.29, 0.717) is 13.0 Å². The van der Waals surface area contributed by atoms with Crippen LogP contribution < -0.4 is 5.73 Å². The molecule has 1 atom stereocenters. The van der Waals surface area contributed by atoms with Crippen LogP contribution in [-0.2, 0) is 6.42 Å². The summed E-state index contributed by atoms with van der Waals surface area (Å²) in [6.07, 6.45) is 0.621. The normalized spacial score (nSPS) is 15.4. The fourth-order valence-corrected chi connectivity index (χ4v) is 1.29. The van der Waals surface area contributed by atoms with Crippen molar-refractivity contribution in [3.63, 3.8) is 0 Å². The number of benzene rings is 1. The number of hydrogen-bond acceptors (Lipinski definition) is 2. The molecule has 0 saturated heterocycles. The van der Waals surface area contributed by atoms with Gasteiger partial charge in [0, 0.05) is 13.0 Å². The van der Waals surface area contributed by atoms with Crippen molar-refractivity contribution < 1.29 is 5.11 Å². The topological polar surface area (TPSA) is 46.2 Å². The lowest BCUT2D eigenvalue weighted by atomic mass is 9.94. The Bertz CT molecular complexity index is 281. The van der Waals surface area contributed by atoms with E-state index in [1.807, 2.05) is 31.2 Å². The number of aryl methyl sites for hydroxylation is 1. The Kier molecular flexibility index (Phi) is 3.07. The van der Waals surface area contributed by atoms with Gasteiger partial charge in [-0.25, -0.2) is 0 Å². The number of hydrogen-bond donors (Lipinski definition) is 2. The fourth-order valence-electron chi connectivity index (χ4n) is 1.29. The highest BCUT2D eigenvalue weighted by Gasteiger charge is 2.18. The molecule has 2 nitrogen and oxygen atoms in total. The van der Waals surface area contributed by atoms with Crippen LogP contribution in [0.1, 0.15) is 18.1 Å². The average Bonchev–Trinajstić information content (AvgIpc) is 2.09. The minimum Gasteiger partial charge on any atom is -0.389 e. The van der Waals surface area contributed by atoms with Crippen LogP contribution in [0.5, 0.6) is 0 Å². The Hall–Kier alpha value is -0.860. The third kappa shape index (κ3) is 2.83. The summed E-state index contributed by atoms with van der Waals surface area (Å²) in [4.78, 5) is 0. The Balaban J connectivity index is 2.80. The smallest absolute Gasteiger partial charge is 0.0781 e. The van der Waals surface area contributed by atoms with Crippen molar-refractivity contribution in [2.45, 2.75) is 25.9 Å². The van der Waals surface area contributed by atoms with Crippen LogP contribution in [0.4, 0.5) is 0 Å². The highest BCUT2D eigenvalue weighted by Crippen LogP contribution is 2.15. The Labute approximate surface area is 79.4 Å². The second-order valence-electron chi connectivity index (χ2n) is 3.80. The van der Waals surface area contributed by atoms with Crippen molar-refractivity contribution in [1.29, 1.82) is 0 Å². The maximum atomic E-state index is 9.78. The van der Waals surface area contributed by atoms with Crippen molar-refractivity contribution >= 4 is 0 Å². The second-order valence-corrected chi connectivity index (χ2v) is 3.80. The Morgan fingerprint density at radius 1 is 1.38 bits per heavy atom. The van der Waals surface area contributed by atoms with E-state index in [0.717, 1.165) is 5.56 Å². The quantitative estimate of drug-likeness (QED) is 0.733. The van der Waals surface area contributed by atoms with Gasteiger partial charge in [0.25, 0.3) is 0 Å². The maximum Gasteiger partial charge on any atom is 0.0781 e. The predicted molar refractivity (Wildman–Crippen MR) is 54.6 cm³/mol. The molecule has 1 aromatic carbocycles. The van der Waals surface area contributed by atoms with E-state index in [2.05, 4.69) is 0 Å². The molecule has 0 heterocycles. The van der Waals surface area contributed by atoms with Gasteiger partial charge in [-0.3, -0.25) is 0 Å². The fraction of sp³-hybridized carbons (Fsp3) is 0.455. The van der Waals surface area contributed by atoms with Crippen LogP contribution in [-0.4, -0.2) is 17.3 Å². The zero-order chi connectivity index (χ0) is 9.90. The number of aliphatic hydroxyl groups is 1. The van der Waals surface area contributed by atoms with E-state index >= 15 is 0 Å². The second kappa shape index (κ2) is 3.90. The molecule has 0 bridgehead atoms. The van der Waals surface area contributed by atoms with Gasteiger partial charge >= 0.3 is 0 Å². The zero-order valence-corrected chi connectivity index (χ0v) is 8.25. The van der Waals surface area contributed by atoms with Gasteiger partial charge in [-0.2, -0.15) is 0 Å². The van der Waals surface area contributed by atoms with E-state index in [9.17, 15) is 5.11 Å². The van der Waals surface area contributed by atoms with Crippen LogP contribution >= 0.6 is 0 Å². The molecule has 0 aliphatic carbocycles. The molecule has 1 aromatic rings. The molecule has 0 aliphatic heterocycles. The van der Waals surface area contributed by atoms with Crippen molar-refractivity contribution in [3.8, 4) is 0 Å². The summed E-state index contributed by atoms with van der Waals surface area (Å²) in [5, 5.41) is 9.78. The molecule has 72 valence electrons. The van der Waals surface area contributed by atoms with Gasteiger partial charge in [0.05, 0.1) is 5.60 Å². The summed E-state index contributed by atoms with van der Waals surface area (Å²) in [7, 11) is 0. The summed E-state index contributed by atoms with van der Waals surface area (Å²) in [6, 6.07) is 8.05. The minimum atomic E-state index is -0.786. The molecular weight excluding hydrogens is 162 g/mol. The molecule has 1 rings (SSSR count). The van der Waals surface area contributed by atoms with Crippen LogP contribution in [0.25, 0.3) is 0 Å². The van der Waals surface area contributed by atoms with E-state index in [4.69, 9.17) is 5.73 Å². The minimum absolute atomic E-state index is 0.293. The van der Waals surface area contributed by atoms with Gasteiger partial charge in [0.15, 0.2) is 0 Å². The zero-order valence-electron chi connectivity index (χ0n) is 8.25. The van der Waals surface area contributed by atoms with Gasteiger partial charge in [-0.05, 0) is 25.0 Å². The van der Waals surface area contributed by atoms with Gasteiger partial charge in [0.1, 0.15) is 0 Å². The number of rotatable bonds is 3. The van der Waals surface area contributed by atoms with Crippen molar-refractivity contribution in [1.82, 2.24) is 0 Å². The van der Waals surface area contributed by atoms with Crippen LogP contribution in [0.2, 0.25) is 0 Å². The number of nitrogens with two attached hydrogens (primary N) is 1. The van der Waals surface area contributed by atoms with E-state index < -0.39 is 5.60 Å². The molecule has 0 saturated carbocycles. The van der Waals surface area contributed by atoms with Crippen molar-refractivity contribution in [3.05, 3.63) is 35.4 Å². The molecule has 3 N–H and O–H groups in total. The van der Waals surface area contributed by atoms with E-state index in [1.54, 1.807) is 6.92 Å². The van der Waals surface area contributed by atoms with Crippen LogP contribution in [0.3, 0.4) is 0 Å². The molecule has 0 aliphatic rings. The average molecular weight is 179 g/mol. The lowest BCUT2D eigenvalue weighted by Gasteiger charge is -2.21. The molecule has 0 aromatic heterocycles. The molecule has 2 heteroatoms. The predicted octanol–water partition coefficient (Wildman–Crippen LogP) is 1.25. The third-order valence-corrected chi connectivity index (χ3v) is 2.27. The Morgan fingerprint density at radius 2 is 2.00 bits per heavy atom. The summed E-state index contributed by atoms with van der Waals surface area (Å²) in [6.45, 7) is 4.10. The highest BCUT2D eigenvalue weighted by molar-refractivity contribution is 5.26. The molecule has 0 amide bonds. The molecule has 13 heavy (non-hydrogen) atoms.